The molecule has 11 N–H and O–H groups in total. The highest BCUT2D eigenvalue weighted by molar-refractivity contribution is 5.95. The van der Waals surface area contributed by atoms with E-state index in [-0.39, 0.29) is 80.4 Å². The summed E-state index contributed by atoms with van der Waals surface area (Å²) < 4.78 is 0. The summed E-state index contributed by atoms with van der Waals surface area (Å²) >= 11 is 0. The van der Waals surface area contributed by atoms with E-state index in [9.17, 15) is 24.0 Å². The molecule has 14 heteroatoms. The quantitative estimate of drug-likeness (QED) is 0.0438. The molecule has 2 aromatic carbocycles. The van der Waals surface area contributed by atoms with Gasteiger partial charge in [-0.05, 0) is 56.7 Å². The van der Waals surface area contributed by atoms with Crippen LogP contribution in [-0.2, 0) is 36.8 Å². The SMILES string of the molecule is CNC(CCCN=C(N)N)C(=O)CC(Cc1ccccc1)C(=O)NC(Cc1ccccc1)C(=O)CC(CCCN=C(N)N)C(=O)NCC(=O)C(C)C. The van der Waals surface area contributed by atoms with E-state index in [0.29, 0.717) is 25.8 Å². The van der Waals surface area contributed by atoms with Crippen molar-refractivity contribution in [2.75, 3.05) is 26.7 Å². The van der Waals surface area contributed by atoms with Crippen LogP contribution in [0.15, 0.2) is 70.6 Å². The molecular formula is C38H57N9O5. The van der Waals surface area contributed by atoms with Crippen molar-refractivity contribution in [3.8, 4) is 0 Å². The van der Waals surface area contributed by atoms with Gasteiger partial charge >= 0.3 is 0 Å². The third kappa shape index (κ3) is 16.7. The molecule has 0 saturated carbocycles. The van der Waals surface area contributed by atoms with Crippen molar-refractivity contribution < 1.29 is 24.0 Å². The molecule has 0 aliphatic rings. The minimum absolute atomic E-state index is 0.0225. The molecule has 0 radical (unpaired) electrons. The minimum Gasteiger partial charge on any atom is -0.370 e. The normalized spacial score (nSPS) is 13.2. The van der Waals surface area contributed by atoms with E-state index in [0.717, 1.165) is 11.1 Å². The van der Waals surface area contributed by atoms with Crippen molar-refractivity contribution in [3.63, 3.8) is 0 Å². The minimum atomic E-state index is -0.992. The average molecular weight is 720 g/mol. The first kappa shape index (κ1) is 43.1. The largest absolute Gasteiger partial charge is 0.370 e. The number of aliphatic imine (C=N–C) groups is 2. The predicted molar refractivity (Wildman–Crippen MR) is 204 cm³/mol. The Morgan fingerprint density at radius 1 is 0.635 bits per heavy atom. The fourth-order valence-electron chi connectivity index (χ4n) is 5.68. The first-order chi connectivity index (χ1) is 24.8. The van der Waals surface area contributed by atoms with Gasteiger partial charge in [-0.1, -0.05) is 74.5 Å². The molecule has 284 valence electrons. The zero-order valence-corrected chi connectivity index (χ0v) is 30.7. The molecule has 0 aromatic heterocycles. The van der Waals surface area contributed by atoms with Crippen LogP contribution in [0.3, 0.4) is 0 Å². The molecule has 0 spiro atoms. The van der Waals surface area contributed by atoms with Crippen LogP contribution in [0.1, 0.15) is 63.5 Å². The first-order valence-corrected chi connectivity index (χ1v) is 17.8. The van der Waals surface area contributed by atoms with Gasteiger partial charge in [0.2, 0.25) is 11.8 Å². The van der Waals surface area contributed by atoms with Crippen LogP contribution in [0, 0.1) is 17.8 Å². The fourth-order valence-corrected chi connectivity index (χ4v) is 5.68. The molecule has 0 heterocycles. The summed E-state index contributed by atoms with van der Waals surface area (Å²) in [6.45, 7) is 3.96. The van der Waals surface area contributed by atoms with Crippen LogP contribution in [0.4, 0.5) is 0 Å². The molecule has 0 aliphatic carbocycles. The van der Waals surface area contributed by atoms with Crippen molar-refractivity contribution in [1.82, 2.24) is 16.0 Å². The molecule has 14 nitrogen and oxygen atoms in total. The summed E-state index contributed by atoms with van der Waals surface area (Å²) in [6, 6.07) is 17.1. The molecule has 2 aromatic rings. The smallest absolute Gasteiger partial charge is 0.224 e. The molecule has 0 aliphatic heterocycles. The van der Waals surface area contributed by atoms with Crippen molar-refractivity contribution >= 4 is 41.1 Å². The number of hydrogen-bond donors (Lipinski definition) is 7. The maximum absolute atomic E-state index is 14.1. The Bertz CT molecular complexity index is 1490. The number of hydrogen-bond acceptors (Lipinski definition) is 8. The van der Waals surface area contributed by atoms with Crippen molar-refractivity contribution in [1.29, 1.82) is 0 Å². The van der Waals surface area contributed by atoms with Crippen molar-refractivity contribution in [3.05, 3.63) is 71.8 Å². The lowest BCUT2D eigenvalue weighted by Crippen LogP contribution is -2.48. The Morgan fingerprint density at radius 3 is 1.65 bits per heavy atom. The number of benzene rings is 2. The van der Waals surface area contributed by atoms with Crippen LogP contribution < -0.4 is 38.9 Å². The van der Waals surface area contributed by atoms with Gasteiger partial charge in [-0.2, -0.15) is 0 Å². The van der Waals surface area contributed by atoms with Gasteiger partial charge in [-0.15, -0.1) is 0 Å². The third-order valence-corrected chi connectivity index (χ3v) is 8.72. The lowest BCUT2D eigenvalue weighted by molar-refractivity contribution is -0.134. The van der Waals surface area contributed by atoms with Gasteiger partial charge in [-0.25, -0.2) is 0 Å². The highest BCUT2D eigenvalue weighted by atomic mass is 16.2. The van der Waals surface area contributed by atoms with E-state index < -0.39 is 35.7 Å². The van der Waals surface area contributed by atoms with Crippen molar-refractivity contribution in [2.24, 2.45) is 50.7 Å². The van der Waals surface area contributed by atoms with E-state index >= 15 is 0 Å². The Labute approximate surface area is 307 Å². The summed E-state index contributed by atoms with van der Waals surface area (Å²) in [4.78, 5) is 75.4. The average Bonchev–Trinajstić information content (AvgIpc) is 3.11. The number of carbonyl (C=O) groups is 5. The lowest BCUT2D eigenvalue weighted by atomic mass is 9.88. The summed E-state index contributed by atoms with van der Waals surface area (Å²) in [5, 5.41) is 8.68. The molecule has 2 amide bonds. The van der Waals surface area contributed by atoms with Gasteiger partial charge in [0, 0.05) is 43.7 Å². The summed E-state index contributed by atoms with van der Waals surface area (Å²) in [5.41, 5.74) is 23.5. The number of ketones is 3. The highest BCUT2D eigenvalue weighted by Crippen LogP contribution is 2.19. The second-order valence-electron chi connectivity index (χ2n) is 13.3. The van der Waals surface area contributed by atoms with Gasteiger partial charge in [0.05, 0.1) is 18.6 Å². The Morgan fingerprint density at radius 2 is 1.13 bits per heavy atom. The van der Waals surface area contributed by atoms with E-state index in [1.54, 1.807) is 20.9 Å². The Balaban J connectivity index is 2.35. The number of nitrogens with zero attached hydrogens (tertiary/aromatic N) is 2. The summed E-state index contributed by atoms with van der Waals surface area (Å²) in [7, 11) is 1.69. The maximum atomic E-state index is 14.1. The predicted octanol–water partition coefficient (Wildman–Crippen LogP) is 1.14. The zero-order chi connectivity index (χ0) is 38.5. The van der Waals surface area contributed by atoms with Gasteiger partial charge in [0.15, 0.2) is 29.3 Å². The van der Waals surface area contributed by atoms with Gasteiger partial charge in [0.25, 0.3) is 0 Å². The number of amides is 2. The number of carbonyl (C=O) groups excluding carboxylic acids is 5. The number of rotatable bonds is 25. The first-order valence-electron chi connectivity index (χ1n) is 17.8. The number of nitrogens with one attached hydrogen (secondary N) is 3. The zero-order valence-electron chi connectivity index (χ0n) is 30.7. The van der Waals surface area contributed by atoms with Crippen LogP contribution in [0.5, 0.6) is 0 Å². The van der Waals surface area contributed by atoms with Crippen LogP contribution in [0.25, 0.3) is 0 Å². The Hall–Kier alpha value is -5.11. The second kappa shape index (κ2) is 23.4. The second-order valence-corrected chi connectivity index (χ2v) is 13.3. The highest BCUT2D eigenvalue weighted by Gasteiger charge is 2.32. The van der Waals surface area contributed by atoms with Crippen LogP contribution in [0.2, 0.25) is 0 Å². The Kier molecular flexibility index (Phi) is 19.4. The maximum Gasteiger partial charge on any atom is 0.224 e. The molecule has 0 saturated heterocycles. The number of guanidine groups is 2. The van der Waals surface area contributed by atoms with Gasteiger partial charge in [-0.3, -0.25) is 34.0 Å². The van der Waals surface area contributed by atoms with E-state index in [1.807, 2.05) is 60.7 Å². The lowest BCUT2D eigenvalue weighted by Gasteiger charge is -2.25. The molecule has 52 heavy (non-hydrogen) atoms. The molecule has 2 rings (SSSR count). The van der Waals surface area contributed by atoms with Gasteiger partial charge < -0.3 is 38.9 Å². The van der Waals surface area contributed by atoms with E-state index in [2.05, 4.69) is 25.9 Å². The van der Waals surface area contributed by atoms with Gasteiger partial charge in [0.1, 0.15) is 0 Å². The molecule has 0 fully saturated rings. The number of nitrogens with two attached hydrogens (primary N) is 4. The summed E-state index contributed by atoms with van der Waals surface area (Å²) in [5.74, 6) is -3.48. The van der Waals surface area contributed by atoms with E-state index in [4.69, 9.17) is 22.9 Å². The third-order valence-electron chi connectivity index (χ3n) is 8.72. The summed E-state index contributed by atoms with van der Waals surface area (Å²) in [6.07, 6.45) is 1.90. The van der Waals surface area contributed by atoms with E-state index in [1.165, 1.54) is 0 Å². The van der Waals surface area contributed by atoms with Crippen molar-refractivity contribution in [2.45, 2.75) is 77.3 Å². The van der Waals surface area contributed by atoms with Crippen LogP contribution in [-0.4, -0.2) is 79.8 Å². The monoisotopic (exact) mass is 719 g/mol. The number of Topliss-reactive ketones (excluding diaryl/α,β-unsaturated/α-hetero) is 3. The molecule has 4 unspecified atom stereocenters. The molecular weight excluding hydrogens is 662 g/mol. The topological polar surface area (TPSA) is 250 Å². The molecule has 4 atom stereocenters. The molecule has 0 bridgehead atoms. The number of likely N-dealkylation sites (N-methyl/N-ethyl adjacent to an activating group) is 1. The van der Waals surface area contributed by atoms with Crippen LogP contribution >= 0.6 is 0 Å². The standard InChI is InChI=1S/C38H57N9O5/c1-25(2)34(50)24-46-35(51)28(16-10-18-44-37(39)40)22-33(49)31(21-27-14-8-5-9-15-27)47-36(52)29(20-26-12-6-4-7-13-26)23-32(48)30(43-3)17-11-19-45-38(41)42/h4-9,12-15,25,28-31,43H,10-11,16-24H2,1-3H3,(H,46,51)(H,47,52)(H4,39,40,44)(H4,41,42,45). The fraction of sp³-hybridized carbons (Fsp3) is 0.500.